The number of nitrogens with one attached hydrogen (secondary N) is 2. The Morgan fingerprint density at radius 2 is 1.78 bits per heavy atom. The van der Waals surface area contributed by atoms with Gasteiger partial charge in [-0.1, -0.05) is 0 Å². The van der Waals surface area contributed by atoms with E-state index in [2.05, 4.69) is 15.6 Å². The lowest BCUT2D eigenvalue weighted by Crippen LogP contribution is -2.12. The number of hydrogen-bond acceptors (Lipinski definition) is 3. The summed E-state index contributed by atoms with van der Waals surface area (Å²) in [5.74, 6) is -2.26. The second kappa shape index (κ2) is 5.83. The summed E-state index contributed by atoms with van der Waals surface area (Å²) in [7, 11) is 1.40. The highest BCUT2D eigenvalue weighted by molar-refractivity contribution is 5.47. The third kappa shape index (κ3) is 4.34. The largest absolute Gasteiger partial charge is 0.389 e. The number of rotatable bonds is 5. The van der Waals surface area contributed by atoms with E-state index in [4.69, 9.17) is 0 Å². The second-order valence-electron chi connectivity index (χ2n) is 3.54. The Labute approximate surface area is 100 Å². The third-order valence-electron chi connectivity index (χ3n) is 2.10. The molecular formula is C10H12F5N3. The third-order valence-corrected chi connectivity index (χ3v) is 2.10. The first-order chi connectivity index (χ1) is 8.33. The molecule has 0 amide bonds. The van der Waals surface area contributed by atoms with Crippen molar-refractivity contribution in [1.29, 1.82) is 0 Å². The van der Waals surface area contributed by atoms with Crippen LogP contribution in [0.3, 0.4) is 0 Å². The van der Waals surface area contributed by atoms with Gasteiger partial charge in [0, 0.05) is 26.1 Å². The van der Waals surface area contributed by atoms with E-state index in [0.717, 1.165) is 0 Å². The predicted octanol–water partition coefficient (Wildman–Crippen LogP) is 3.16. The fraction of sp³-hybridized carbons (Fsp3) is 0.500. The molecule has 0 aliphatic rings. The molecule has 0 unspecified atom stereocenters. The Morgan fingerprint density at radius 3 is 2.33 bits per heavy atom. The summed E-state index contributed by atoms with van der Waals surface area (Å²) in [5, 5.41) is 4.80. The van der Waals surface area contributed by atoms with Crippen molar-refractivity contribution < 1.29 is 22.0 Å². The molecule has 1 aromatic rings. The van der Waals surface area contributed by atoms with Gasteiger partial charge in [0.25, 0.3) is 0 Å². The van der Waals surface area contributed by atoms with Crippen LogP contribution in [0.15, 0.2) is 6.07 Å². The van der Waals surface area contributed by atoms with Crippen LogP contribution in [-0.4, -0.2) is 24.8 Å². The zero-order chi connectivity index (χ0) is 13.8. The summed E-state index contributed by atoms with van der Waals surface area (Å²) in [4.78, 5) is 3.57. The predicted molar refractivity (Wildman–Crippen MR) is 57.5 cm³/mol. The Bertz CT molecular complexity index is 405. The monoisotopic (exact) mass is 269 g/mol. The minimum Gasteiger partial charge on any atom is -0.371 e. The maximum absolute atomic E-state index is 13.2. The molecule has 0 aromatic carbocycles. The lowest BCUT2D eigenvalue weighted by molar-refractivity contribution is -0.134. The molecule has 3 nitrogen and oxygen atoms in total. The zero-order valence-corrected chi connectivity index (χ0v) is 9.54. The molecule has 18 heavy (non-hydrogen) atoms. The topological polar surface area (TPSA) is 37.0 Å². The molecular weight excluding hydrogens is 257 g/mol. The summed E-state index contributed by atoms with van der Waals surface area (Å²) in [5.41, 5.74) is 0. The first-order valence-electron chi connectivity index (χ1n) is 5.18. The Morgan fingerprint density at radius 1 is 1.17 bits per heavy atom. The molecule has 0 fully saturated rings. The van der Waals surface area contributed by atoms with Gasteiger partial charge in [-0.25, -0.2) is 13.8 Å². The van der Waals surface area contributed by atoms with Crippen molar-refractivity contribution >= 4 is 11.6 Å². The second-order valence-corrected chi connectivity index (χ2v) is 3.54. The SMILES string of the molecule is CNc1nc(NCCCC(F)(F)F)c(F)cc1F. The average Bonchev–Trinajstić information content (AvgIpc) is 2.25. The van der Waals surface area contributed by atoms with Crippen molar-refractivity contribution in [1.82, 2.24) is 4.98 Å². The van der Waals surface area contributed by atoms with Gasteiger partial charge in [0.2, 0.25) is 0 Å². The summed E-state index contributed by atoms with van der Waals surface area (Å²) in [6.07, 6.45) is -5.43. The van der Waals surface area contributed by atoms with Crippen molar-refractivity contribution in [2.75, 3.05) is 24.2 Å². The van der Waals surface area contributed by atoms with Crippen LogP contribution in [0.25, 0.3) is 0 Å². The van der Waals surface area contributed by atoms with E-state index in [0.29, 0.717) is 6.07 Å². The van der Waals surface area contributed by atoms with E-state index in [1.807, 2.05) is 0 Å². The minimum absolute atomic E-state index is 0.0990. The molecule has 0 aliphatic heterocycles. The first-order valence-corrected chi connectivity index (χ1v) is 5.18. The van der Waals surface area contributed by atoms with Gasteiger partial charge in [-0.2, -0.15) is 13.2 Å². The normalized spacial score (nSPS) is 11.4. The van der Waals surface area contributed by atoms with E-state index in [9.17, 15) is 22.0 Å². The van der Waals surface area contributed by atoms with E-state index in [1.54, 1.807) is 0 Å². The molecule has 0 saturated heterocycles. The molecule has 0 bridgehead atoms. The van der Waals surface area contributed by atoms with Gasteiger partial charge in [0.15, 0.2) is 23.3 Å². The lowest BCUT2D eigenvalue weighted by Gasteiger charge is -2.10. The van der Waals surface area contributed by atoms with E-state index < -0.39 is 24.2 Å². The van der Waals surface area contributed by atoms with Crippen LogP contribution in [0.1, 0.15) is 12.8 Å². The number of anilines is 2. The van der Waals surface area contributed by atoms with Crippen molar-refractivity contribution in [2.24, 2.45) is 0 Å². The number of pyridine rings is 1. The van der Waals surface area contributed by atoms with Gasteiger partial charge < -0.3 is 10.6 Å². The Balaban J connectivity index is 2.57. The van der Waals surface area contributed by atoms with Crippen LogP contribution in [0.2, 0.25) is 0 Å². The first kappa shape index (κ1) is 14.5. The van der Waals surface area contributed by atoms with Crippen LogP contribution in [0, 0.1) is 11.6 Å². The maximum atomic E-state index is 13.2. The fourth-order valence-corrected chi connectivity index (χ4v) is 1.26. The van der Waals surface area contributed by atoms with E-state index in [1.165, 1.54) is 7.05 Å². The molecule has 0 spiro atoms. The van der Waals surface area contributed by atoms with Crippen LogP contribution in [0.5, 0.6) is 0 Å². The molecule has 0 saturated carbocycles. The quantitative estimate of drug-likeness (QED) is 0.637. The number of alkyl halides is 3. The number of aromatic nitrogens is 1. The Hall–Kier alpha value is -1.60. The van der Waals surface area contributed by atoms with Crippen LogP contribution >= 0.6 is 0 Å². The van der Waals surface area contributed by atoms with Crippen molar-refractivity contribution in [3.63, 3.8) is 0 Å². The molecule has 1 rings (SSSR count). The molecule has 1 aromatic heterocycles. The maximum Gasteiger partial charge on any atom is 0.389 e. The van der Waals surface area contributed by atoms with Gasteiger partial charge >= 0.3 is 6.18 Å². The highest BCUT2D eigenvalue weighted by atomic mass is 19.4. The minimum atomic E-state index is -4.24. The van der Waals surface area contributed by atoms with Gasteiger partial charge in [0.1, 0.15) is 0 Å². The molecule has 8 heteroatoms. The smallest absolute Gasteiger partial charge is 0.371 e. The molecule has 0 radical (unpaired) electrons. The van der Waals surface area contributed by atoms with Crippen LogP contribution in [0.4, 0.5) is 33.6 Å². The Kier molecular flexibility index (Phi) is 4.69. The number of hydrogen-bond donors (Lipinski definition) is 2. The number of nitrogens with zero attached hydrogens (tertiary/aromatic N) is 1. The highest BCUT2D eigenvalue weighted by Crippen LogP contribution is 2.22. The molecule has 0 aliphatic carbocycles. The standard InChI is InChI=1S/C10H12F5N3/c1-16-8-6(11)5-7(12)9(18-8)17-4-2-3-10(13,14)15/h5H,2-4H2,1H3,(H2,16,17,18). The lowest BCUT2D eigenvalue weighted by atomic mass is 10.3. The van der Waals surface area contributed by atoms with Gasteiger partial charge in [-0.3, -0.25) is 0 Å². The summed E-state index contributed by atoms with van der Waals surface area (Å²) in [6, 6.07) is 0.616. The van der Waals surface area contributed by atoms with Gasteiger partial charge in [0.05, 0.1) is 0 Å². The zero-order valence-electron chi connectivity index (χ0n) is 9.54. The summed E-state index contributed by atoms with van der Waals surface area (Å²) in [6.45, 7) is -0.0990. The van der Waals surface area contributed by atoms with Gasteiger partial charge in [-0.15, -0.1) is 0 Å². The van der Waals surface area contributed by atoms with Crippen molar-refractivity contribution in [3.8, 4) is 0 Å². The molecule has 102 valence electrons. The molecule has 2 N–H and O–H groups in total. The summed E-state index contributed by atoms with van der Waals surface area (Å²) >= 11 is 0. The summed E-state index contributed by atoms with van der Waals surface area (Å²) < 4.78 is 61.8. The molecule has 0 atom stereocenters. The van der Waals surface area contributed by atoms with Crippen LogP contribution < -0.4 is 10.6 Å². The highest BCUT2D eigenvalue weighted by Gasteiger charge is 2.25. The van der Waals surface area contributed by atoms with Gasteiger partial charge in [-0.05, 0) is 6.42 Å². The van der Waals surface area contributed by atoms with Crippen LogP contribution in [-0.2, 0) is 0 Å². The van der Waals surface area contributed by atoms with Crippen molar-refractivity contribution in [3.05, 3.63) is 17.7 Å². The average molecular weight is 269 g/mol. The van der Waals surface area contributed by atoms with E-state index >= 15 is 0 Å². The number of halogens is 5. The fourth-order valence-electron chi connectivity index (χ4n) is 1.26. The van der Waals surface area contributed by atoms with E-state index in [-0.39, 0.29) is 24.6 Å². The molecule has 1 heterocycles. The van der Waals surface area contributed by atoms with Crippen molar-refractivity contribution in [2.45, 2.75) is 19.0 Å².